The Labute approximate surface area is 150 Å². The standard InChI is InChI=1S/C18H12F4N2OS/c1-10-23-16(18(20,21)22)15(26-10)17(25)24-14-9-5-3-7-12(14)11-6-2-4-8-13(11)19/h2-9H,1H3,(H,24,25). The number of carbonyl (C=O) groups excluding carboxylic acids is 1. The molecule has 3 aromatic rings. The number of nitrogens with zero attached hydrogens (tertiary/aromatic N) is 1. The van der Waals surface area contributed by atoms with E-state index in [1.807, 2.05) is 0 Å². The number of thiazole rings is 1. The Morgan fingerprint density at radius 3 is 2.31 bits per heavy atom. The highest BCUT2D eigenvalue weighted by Crippen LogP contribution is 2.35. The lowest BCUT2D eigenvalue weighted by Crippen LogP contribution is -2.17. The maximum absolute atomic E-state index is 14.1. The van der Waals surface area contributed by atoms with Crippen molar-refractivity contribution in [2.24, 2.45) is 0 Å². The molecule has 0 aliphatic carbocycles. The van der Waals surface area contributed by atoms with Gasteiger partial charge in [-0.15, -0.1) is 11.3 Å². The van der Waals surface area contributed by atoms with Crippen molar-refractivity contribution in [1.29, 1.82) is 0 Å². The third-order valence-electron chi connectivity index (χ3n) is 3.55. The van der Waals surface area contributed by atoms with E-state index in [1.54, 1.807) is 24.3 Å². The number of aryl methyl sites for hydroxylation is 1. The number of benzene rings is 2. The van der Waals surface area contributed by atoms with Crippen molar-refractivity contribution >= 4 is 22.9 Å². The van der Waals surface area contributed by atoms with Crippen molar-refractivity contribution in [2.75, 3.05) is 5.32 Å². The summed E-state index contributed by atoms with van der Waals surface area (Å²) in [5, 5.41) is 2.57. The van der Waals surface area contributed by atoms with E-state index >= 15 is 0 Å². The predicted octanol–water partition coefficient (Wildman–Crippen LogP) is 5.53. The molecule has 1 heterocycles. The maximum atomic E-state index is 14.1. The fraction of sp³-hybridized carbons (Fsp3) is 0.111. The summed E-state index contributed by atoms with van der Waals surface area (Å²) >= 11 is 0.656. The average Bonchev–Trinajstić information content (AvgIpc) is 2.98. The minimum Gasteiger partial charge on any atom is -0.321 e. The topological polar surface area (TPSA) is 42.0 Å². The Hall–Kier alpha value is -2.74. The highest BCUT2D eigenvalue weighted by atomic mass is 32.1. The first-order valence-corrected chi connectivity index (χ1v) is 8.29. The molecule has 0 aliphatic heterocycles. The average molecular weight is 380 g/mol. The van der Waals surface area contributed by atoms with Crippen LogP contribution < -0.4 is 5.32 Å². The third-order valence-corrected chi connectivity index (χ3v) is 4.52. The SMILES string of the molecule is Cc1nc(C(F)(F)F)c(C(=O)Nc2ccccc2-c2ccccc2F)s1. The van der Waals surface area contributed by atoms with Crippen LogP contribution in [0.15, 0.2) is 48.5 Å². The van der Waals surface area contributed by atoms with E-state index in [0.29, 0.717) is 16.9 Å². The fourth-order valence-corrected chi connectivity index (χ4v) is 3.29. The molecular weight excluding hydrogens is 368 g/mol. The molecule has 2 aromatic carbocycles. The van der Waals surface area contributed by atoms with E-state index in [2.05, 4.69) is 10.3 Å². The molecule has 0 saturated heterocycles. The first kappa shape index (κ1) is 18.1. The lowest BCUT2D eigenvalue weighted by Gasteiger charge is -2.12. The molecule has 26 heavy (non-hydrogen) atoms. The number of hydrogen-bond acceptors (Lipinski definition) is 3. The molecule has 1 N–H and O–H groups in total. The van der Waals surface area contributed by atoms with Gasteiger partial charge in [-0.3, -0.25) is 4.79 Å². The van der Waals surface area contributed by atoms with Crippen LogP contribution in [0.1, 0.15) is 20.4 Å². The molecule has 134 valence electrons. The minimum atomic E-state index is -4.73. The normalized spacial score (nSPS) is 11.4. The van der Waals surface area contributed by atoms with E-state index < -0.39 is 28.5 Å². The largest absolute Gasteiger partial charge is 0.435 e. The van der Waals surface area contributed by atoms with E-state index in [-0.39, 0.29) is 16.3 Å². The summed E-state index contributed by atoms with van der Waals surface area (Å²) in [4.78, 5) is 15.3. The number of nitrogens with one attached hydrogen (secondary N) is 1. The van der Waals surface area contributed by atoms with Crippen LogP contribution in [0.3, 0.4) is 0 Å². The molecule has 1 amide bonds. The molecule has 1 aromatic heterocycles. The number of amides is 1. The molecule has 8 heteroatoms. The summed E-state index contributed by atoms with van der Waals surface area (Å²) in [7, 11) is 0. The Morgan fingerprint density at radius 1 is 1.04 bits per heavy atom. The van der Waals surface area contributed by atoms with Crippen LogP contribution in [0, 0.1) is 12.7 Å². The van der Waals surface area contributed by atoms with Gasteiger partial charge in [0.2, 0.25) is 0 Å². The van der Waals surface area contributed by atoms with Crippen molar-refractivity contribution in [3.63, 3.8) is 0 Å². The van der Waals surface area contributed by atoms with Gasteiger partial charge in [0.25, 0.3) is 5.91 Å². The highest BCUT2D eigenvalue weighted by molar-refractivity contribution is 7.13. The van der Waals surface area contributed by atoms with Crippen LogP contribution in [0.5, 0.6) is 0 Å². The van der Waals surface area contributed by atoms with Crippen LogP contribution in [0.2, 0.25) is 0 Å². The van der Waals surface area contributed by atoms with Crippen molar-refractivity contribution in [3.8, 4) is 11.1 Å². The van der Waals surface area contributed by atoms with Gasteiger partial charge in [0, 0.05) is 16.8 Å². The molecule has 0 aliphatic rings. The summed E-state index contributed by atoms with van der Waals surface area (Å²) in [5.41, 5.74) is -0.406. The molecule has 0 radical (unpaired) electrons. The van der Waals surface area contributed by atoms with Crippen molar-refractivity contribution in [1.82, 2.24) is 4.98 Å². The number of hydrogen-bond donors (Lipinski definition) is 1. The van der Waals surface area contributed by atoms with E-state index in [1.165, 1.54) is 31.2 Å². The molecule has 0 bridgehead atoms. The number of aromatic nitrogens is 1. The smallest absolute Gasteiger partial charge is 0.321 e. The zero-order chi connectivity index (χ0) is 18.9. The second kappa shape index (κ2) is 6.87. The van der Waals surface area contributed by atoms with Crippen LogP contribution in [-0.2, 0) is 6.18 Å². The van der Waals surface area contributed by atoms with Gasteiger partial charge in [-0.1, -0.05) is 36.4 Å². The van der Waals surface area contributed by atoms with Gasteiger partial charge in [-0.2, -0.15) is 13.2 Å². The van der Waals surface area contributed by atoms with Gasteiger partial charge in [0.15, 0.2) is 5.69 Å². The summed E-state index contributed by atoms with van der Waals surface area (Å²) in [6.07, 6.45) is -4.73. The molecule has 3 nitrogen and oxygen atoms in total. The Morgan fingerprint density at radius 2 is 1.65 bits per heavy atom. The minimum absolute atomic E-state index is 0.130. The summed E-state index contributed by atoms with van der Waals surface area (Å²) < 4.78 is 53.3. The number of carbonyl (C=O) groups is 1. The zero-order valence-corrected chi connectivity index (χ0v) is 14.2. The number of rotatable bonds is 3. The summed E-state index contributed by atoms with van der Waals surface area (Å²) in [5.74, 6) is -1.44. The van der Waals surface area contributed by atoms with Gasteiger partial charge < -0.3 is 5.32 Å². The summed E-state index contributed by atoms with van der Waals surface area (Å²) in [6.45, 7) is 1.39. The van der Waals surface area contributed by atoms with E-state index in [9.17, 15) is 22.4 Å². The second-order valence-electron chi connectivity index (χ2n) is 5.39. The van der Waals surface area contributed by atoms with Crippen LogP contribution in [-0.4, -0.2) is 10.9 Å². The second-order valence-corrected chi connectivity index (χ2v) is 6.59. The molecule has 0 atom stereocenters. The Balaban J connectivity index is 1.99. The molecule has 3 rings (SSSR count). The number of halogens is 4. The van der Waals surface area contributed by atoms with Crippen molar-refractivity contribution in [3.05, 3.63) is 69.9 Å². The lowest BCUT2D eigenvalue weighted by atomic mass is 10.0. The van der Waals surface area contributed by atoms with E-state index in [0.717, 1.165) is 0 Å². The fourth-order valence-electron chi connectivity index (χ4n) is 2.46. The molecule has 0 saturated carbocycles. The van der Waals surface area contributed by atoms with E-state index in [4.69, 9.17) is 0 Å². The lowest BCUT2D eigenvalue weighted by molar-refractivity contribution is -0.141. The van der Waals surface area contributed by atoms with Gasteiger partial charge >= 0.3 is 6.18 Å². The Kier molecular flexibility index (Phi) is 4.78. The zero-order valence-electron chi connectivity index (χ0n) is 13.4. The van der Waals surface area contributed by atoms with Gasteiger partial charge in [-0.25, -0.2) is 9.37 Å². The molecular formula is C18H12F4N2OS. The first-order valence-electron chi connectivity index (χ1n) is 7.47. The molecule has 0 unspecified atom stereocenters. The summed E-state index contributed by atoms with van der Waals surface area (Å²) in [6, 6.07) is 12.3. The maximum Gasteiger partial charge on any atom is 0.435 e. The molecule has 0 spiro atoms. The van der Waals surface area contributed by atoms with Crippen molar-refractivity contribution < 1.29 is 22.4 Å². The van der Waals surface area contributed by atoms with Gasteiger partial charge in [0.1, 0.15) is 10.7 Å². The highest BCUT2D eigenvalue weighted by Gasteiger charge is 2.39. The molecule has 0 fully saturated rings. The van der Waals surface area contributed by atoms with Crippen LogP contribution >= 0.6 is 11.3 Å². The van der Waals surface area contributed by atoms with Gasteiger partial charge in [0.05, 0.1) is 5.01 Å². The van der Waals surface area contributed by atoms with Crippen LogP contribution in [0.25, 0.3) is 11.1 Å². The Bertz CT molecular complexity index is 966. The monoisotopic (exact) mass is 380 g/mol. The number of para-hydroxylation sites is 1. The van der Waals surface area contributed by atoms with Gasteiger partial charge in [-0.05, 0) is 19.1 Å². The first-order chi connectivity index (χ1) is 12.3. The van der Waals surface area contributed by atoms with Crippen molar-refractivity contribution in [2.45, 2.75) is 13.1 Å². The number of anilines is 1. The third kappa shape index (κ3) is 3.60. The quantitative estimate of drug-likeness (QED) is 0.607. The number of alkyl halides is 3. The predicted molar refractivity (Wildman–Crippen MR) is 91.6 cm³/mol. The van der Waals surface area contributed by atoms with Crippen LogP contribution in [0.4, 0.5) is 23.2 Å².